The van der Waals surface area contributed by atoms with Crippen LogP contribution in [-0.2, 0) is 110 Å². The lowest BCUT2D eigenvalue weighted by Crippen LogP contribution is -2.61. The third-order valence-electron chi connectivity index (χ3n) is 24.5. The van der Waals surface area contributed by atoms with Crippen LogP contribution in [0.3, 0.4) is 0 Å². The molecule has 5 aromatic rings. The zero-order chi connectivity index (χ0) is 89.2. The third-order valence-corrected chi connectivity index (χ3v) is 24.5. The first kappa shape index (κ1) is 98.9. The maximum absolute atomic E-state index is 14.8. The first-order valence-corrected chi connectivity index (χ1v) is 44.8. The minimum Gasteiger partial charge on any atom is -0.461 e. The molecule has 1 saturated carbocycles. The van der Waals surface area contributed by atoms with Gasteiger partial charge in [-0.2, -0.15) is 5.10 Å². The summed E-state index contributed by atoms with van der Waals surface area (Å²) in [4.78, 5) is 104. The number of alkyl carbamates (subject to hydrolysis) is 1. The van der Waals surface area contributed by atoms with Gasteiger partial charge in [0, 0.05) is 89.1 Å². The molecule has 3 amide bonds. The number of aliphatic hydroxyl groups excluding tert-OH is 1. The number of esters is 1. The van der Waals surface area contributed by atoms with Gasteiger partial charge in [-0.3, -0.25) is 19.2 Å². The van der Waals surface area contributed by atoms with Crippen LogP contribution >= 0.6 is 0 Å². The fourth-order valence-corrected chi connectivity index (χ4v) is 17.3. The monoisotopic (exact) mass is 1740 g/mol. The second-order valence-electron chi connectivity index (χ2n) is 33.9. The number of ketones is 2. The summed E-state index contributed by atoms with van der Waals surface area (Å²) in [6, 6.07) is 9.26. The maximum atomic E-state index is 14.8. The first-order chi connectivity index (χ1) is 60.5. The number of Topliss-reactive ketones (excluding diaryl/α,β-unsaturated/α-hetero) is 2. The minimum atomic E-state index is -2.43. The van der Waals surface area contributed by atoms with Crippen molar-refractivity contribution in [1.29, 1.82) is 0 Å². The lowest BCUT2D eigenvalue weighted by atomic mass is 9.78. The molecule has 3 fully saturated rings. The molecule has 32 nitrogen and oxygen atoms in total. The van der Waals surface area contributed by atoms with Gasteiger partial charge >= 0.3 is 12.1 Å². The lowest BCUT2D eigenvalue weighted by Gasteiger charge is -2.42. The molecule has 8 heterocycles. The summed E-state index contributed by atoms with van der Waals surface area (Å²) < 4.78 is 83.3. The molecule has 125 heavy (non-hydrogen) atoms. The topological polar surface area (TPSA) is 389 Å². The van der Waals surface area contributed by atoms with Gasteiger partial charge in [0.2, 0.25) is 11.7 Å². The number of anilines is 1. The molecule has 5 aliphatic rings. The normalized spacial score (nSPS) is 26.5. The number of hydrogen-bond acceptors (Lipinski definition) is 27. The van der Waals surface area contributed by atoms with E-state index in [2.05, 4.69) is 43.5 Å². The molecule has 0 spiro atoms. The Morgan fingerprint density at radius 2 is 1.39 bits per heavy atom. The largest absolute Gasteiger partial charge is 0.461 e. The van der Waals surface area contributed by atoms with Crippen molar-refractivity contribution in [2.24, 2.45) is 35.5 Å². The second kappa shape index (κ2) is 51.0. The fourth-order valence-electron chi connectivity index (χ4n) is 17.3. The number of amides is 3. The van der Waals surface area contributed by atoms with Gasteiger partial charge in [0.15, 0.2) is 11.4 Å². The number of aliphatic hydroxyl groups is 2. The Kier molecular flexibility index (Phi) is 40.3. The SMILES string of the molecule is CO[C@H]1C[C@@H]2CC[C@@H](C)[C@@](O)(O2)C(=O)C(=O)N2CCCC[C@H]2C(=O)O[C@H]([C@H](C)C[C@@H]2CC[C@@H](OC(=O)NCCOCCOCCOCCOCCOCCOCCOCCOCCC(=O)N3CCc4cc(Cn5nc(-c6cnc7[nH]ccc7c6)c6c(N)ncnc65)ccc4C3)[C@H](OC)C2)CC[C@H](C)/C=C(\C)[C@@H](O)[C@@H](OC)C(=O)[C@H](C)C[C@H](C)/C=C/C=CC=C1C. The van der Waals surface area contributed by atoms with Gasteiger partial charge in [-0.05, 0) is 161 Å². The number of cyclic esters (lactones) is 1. The molecule has 4 aromatic heterocycles. The van der Waals surface area contributed by atoms with E-state index in [9.17, 15) is 39.0 Å². The van der Waals surface area contributed by atoms with Crippen LogP contribution in [0.1, 0.15) is 155 Å². The molecule has 4 aliphatic heterocycles. The van der Waals surface area contributed by atoms with Gasteiger partial charge in [0.05, 0.1) is 142 Å². The minimum absolute atomic E-state index is 0.0300. The molecule has 1 aromatic carbocycles. The number of allylic oxidation sites excluding steroid dienone is 6. The Morgan fingerprint density at radius 1 is 0.704 bits per heavy atom. The van der Waals surface area contributed by atoms with E-state index < -0.39 is 90.1 Å². The average Bonchev–Trinajstić information content (AvgIpc) is 1.63. The number of aromatic nitrogens is 6. The number of methoxy groups -OCH3 is 3. The molecule has 10 rings (SSSR count). The first-order valence-electron chi connectivity index (χ1n) is 44.8. The summed E-state index contributed by atoms with van der Waals surface area (Å²) in [5.74, 6) is -6.33. The number of carbonyl (C=O) groups is 6. The van der Waals surface area contributed by atoms with Crippen LogP contribution in [0.15, 0.2) is 96.7 Å². The Morgan fingerprint density at radius 3 is 2.07 bits per heavy atom. The standard InChI is InChI=1S/C93H136N10O22/c1-61-16-12-11-13-17-63(3)78(112-8)56-74-24-20-67(7)93(111,125-74)86(107)90(108)102-32-15-14-18-75(102)91(109)123-76(25-19-62(2)51-66(6)84(106)85(114-10)83(105)65(5)50-61)64(4)52-68-22-26-77(79(54-68)113-9)124-92(110)96-31-35-116-37-39-118-41-43-120-45-47-122-49-48-121-46-44-119-42-40-117-38-36-115-34-29-80(104)101-33-28-70-53-69(21-23-72(70)59-101)58-103-89-81(87(94)98-60-99-89)82(100-103)73-55-71-27-30-95-88(71)97-57-73/h11-13,16-17,21,23,27,30,51,53,55,57,60-62,64-65,67-68,74-79,84-85,106,111H,14-15,18-20,22,24-26,28-29,31-50,52,54,56,58-59H2,1-10H3,(H,95,97)(H,96,110)(H2,94,98,99)/b13-11?,16-12+,63-17?,66-51+/t61-,62+,64-,65-,67-,68+,74+,75+,76+,77-,78+,79-,84-,85+,93-/m1/s1. The molecule has 2 bridgehead atoms. The van der Waals surface area contributed by atoms with E-state index in [1.807, 2.05) is 99.0 Å². The van der Waals surface area contributed by atoms with E-state index in [4.69, 9.17) is 77.1 Å². The van der Waals surface area contributed by atoms with Crippen LogP contribution in [0, 0.1) is 35.5 Å². The second-order valence-corrected chi connectivity index (χ2v) is 33.9. The third kappa shape index (κ3) is 29.4. The number of nitrogens with one attached hydrogen (secondary N) is 2. The van der Waals surface area contributed by atoms with Crippen LogP contribution in [0.25, 0.3) is 33.3 Å². The van der Waals surface area contributed by atoms with Crippen molar-refractivity contribution in [3.05, 3.63) is 113 Å². The predicted molar refractivity (Wildman–Crippen MR) is 468 cm³/mol. The molecule has 6 N–H and O–H groups in total. The van der Waals surface area contributed by atoms with Gasteiger partial charge in [-0.1, -0.05) is 89.3 Å². The van der Waals surface area contributed by atoms with Crippen molar-refractivity contribution in [2.75, 3.05) is 152 Å². The molecule has 32 heteroatoms. The van der Waals surface area contributed by atoms with Crippen LogP contribution in [0.5, 0.6) is 0 Å². The fraction of sp³-hybridized carbons (Fsp3) is 0.656. The van der Waals surface area contributed by atoms with E-state index in [1.165, 1.54) is 23.9 Å². The molecule has 15 atom stereocenters. The number of aromatic amines is 1. The van der Waals surface area contributed by atoms with Crippen LogP contribution in [-0.4, -0.2) is 286 Å². The van der Waals surface area contributed by atoms with Crippen molar-refractivity contribution in [3.63, 3.8) is 0 Å². The lowest BCUT2D eigenvalue weighted by molar-refractivity contribution is -0.265. The number of nitrogens with zero attached hydrogens (tertiary/aromatic N) is 7. The number of piperidine rings is 1. The molecular weight excluding hydrogens is 1610 g/mol. The summed E-state index contributed by atoms with van der Waals surface area (Å²) in [6.07, 6.45) is 18.8. The number of pyridine rings is 1. The van der Waals surface area contributed by atoms with E-state index in [0.29, 0.717) is 224 Å². The van der Waals surface area contributed by atoms with Gasteiger partial charge in [0.1, 0.15) is 53.9 Å². The Hall–Kier alpha value is -8.32. The zero-order valence-electron chi connectivity index (χ0n) is 74.9. The van der Waals surface area contributed by atoms with Gasteiger partial charge < -0.3 is 102 Å². The predicted octanol–water partition coefficient (Wildman–Crippen LogP) is 10.2. The van der Waals surface area contributed by atoms with E-state index >= 15 is 0 Å². The van der Waals surface area contributed by atoms with E-state index in [-0.39, 0.29) is 67.9 Å². The summed E-state index contributed by atoms with van der Waals surface area (Å²) in [6.45, 7) is 21.3. The Balaban J connectivity index is 0.547. The molecule has 0 radical (unpaired) electrons. The number of nitrogens with two attached hydrogens (primary N) is 1. The number of hydrogen-bond donors (Lipinski definition) is 5. The van der Waals surface area contributed by atoms with E-state index in [1.54, 1.807) is 34.3 Å². The maximum Gasteiger partial charge on any atom is 0.407 e. The van der Waals surface area contributed by atoms with Crippen molar-refractivity contribution >= 4 is 63.3 Å². The van der Waals surface area contributed by atoms with Gasteiger partial charge in [-0.15, -0.1) is 0 Å². The summed E-state index contributed by atoms with van der Waals surface area (Å²) in [5, 5.41) is 33.2. The van der Waals surface area contributed by atoms with E-state index in [0.717, 1.165) is 39.7 Å². The molecule has 690 valence electrons. The van der Waals surface area contributed by atoms with Crippen molar-refractivity contribution in [1.82, 2.24) is 44.8 Å². The van der Waals surface area contributed by atoms with Crippen molar-refractivity contribution in [2.45, 2.75) is 212 Å². The summed E-state index contributed by atoms with van der Waals surface area (Å²) >= 11 is 0. The Bertz CT molecular complexity index is 4360. The molecule has 2 saturated heterocycles. The highest BCUT2D eigenvalue weighted by Gasteiger charge is 2.53. The number of benzene rings is 1. The Labute approximate surface area is 735 Å². The number of H-pyrrole nitrogens is 1. The number of fused-ring (bicyclic) bond motifs is 6. The summed E-state index contributed by atoms with van der Waals surface area (Å²) in [7, 11) is 4.61. The quantitative estimate of drug-likeness (QED) is 0.0107. The van der Waals surface area contributed by atoms with Gasteiger partial charge in [-0.25, -0.2) is 29.2 Å². The highest BCUT2D eigenvalue weighted by Crippen LogP contribution is 2.40. The zero-order valence-corrected chi connectivity index (χ0v) is 74.9. The average molecular weight is 1750 g/mol. The van der Waals surface area contributed by atoms with Crippen LogP contribution < -0.4 is 11.1 Å². The molecule has 0 unspecified atom stereocenters. The van der Waals surface area contributed by atoms with Crippen molar-refractivity contribution < 1.29 is 105 Å². The van der Waals surface area contributed by atoms with Crippen molar-refractivity contribution in [3.8, 4) is 11.3 Å². The highest BCUT2D eigenvalue weighted by molar-refractivity contribution is 6.39. The molecular formula is C93H136N10O22. The molecule has 1 aliphatic carbocycles. The highest BCUT2D eigenvalue weighted by atomic mass is 16.6. The number of nitrogen functional groups attached to an aromatic ring is 1. The van der Waals surface area contributed by atoms with Crippen LogP contribution in [0.4, 0.5) is 10.6 Å². The van der Waals surface area contributed by atoms with Gasteiger partial charge in [0.25, 0.3) is 11.7 Å². The number of rotatable bonds is 37. The number of carbonyl (C=O) groups excluding carboxylic acids is 6. The smallest absolute Gasteiger partial charge is 0.407 e. The number of ether oxygens (including phenoxy) is 14. The summed E-state index contributed by atoms with van der Waals surface area (Å²) in [5.41, 5.74) is 14.2. The van der Waals surface area contributed by atoms with Crippen LogP contribution in [0.2, 0.25) is 0 Å².